The summed E-state index contributed by atoms with van der Waals surface area (Å²) in [6.07, 6.45) is 5.59. The van der Waals surface area contributed by atoms with Gasteiger partial charge in [0.05, 0.1) is 43.7 Å². The highest BCUT2D eigenvalue weighted by molar-refractivity contribution is 5.99. The normalized spacial score (nSPS) is 16.1. The van der Waals surface area contributed by atoms with E-state index in [1.807, 2.05) is 58.0 Å². The number of nitrogens with two attached hydrogens (primary N) is 3. The average molecular weight is 1260 g/mol. The number of benzene rings is 3. The first kappa shape index (κ1) is 73.6. The maximum absolute atomic E-state index is 14.9. The number of carbonyl (C=O) groups is 10. The van der Waals surface area contributed by atoms with Crippen LogP contribution in [0.4, 0.5) is 0 Å². The van der Waals surface area contributed by atoms with Crippen molar-refractivity contribution in [3.05, 3.63) is 107 Å². The standard InChI is InChI=1S/C69H96N8O14/c1-41(2)28-49(66(89)76-57(61(83)37-52(39-78)64(70)87)33-47-24-23-46-18-11-12-20-54(46)47)35-59(81)56(32-45-21-25-53(80)26-22-45)74-65(88)48(19-13-27-73-69(71)72)34-62(84)58(40-79)77-68(91)51(30-43-14-7-5-8-15-43)36-60(82)55(31-44-16-9-6-10-17-44)75-67(90)50(29-42(3)4)38-63(85)86/h5,7-8,11-12,14-15,18,20-22,24-26,41-42,44,48-52,55-58,78-80H,6,9-10,13,16-17,19,23,27-40H2,1-4H3,(H2,70,87)(H,74,88)(H,75,90)(H,76,89)(H,77,91)(H,85,86)(H4,71,72,73)/t48-,49+,50-,51+,52-,55-,56-,57-,58+/m0/s1. The molecule has 0 spiro atoms. The summed E-state index contributed by atoms with van der Waals surface area (Å²) in [5.74, 6) is -13.1. The molecule has 3 aromatic rings. The number of primary amides is 1. The summed E-state index contributed by atoms with van der Waals surface area (Å²) in [5, 5.41) is 51.9. The maximum atomic E-state index is 14.9. The van der Waals surface area contributed by atoms with E-state index in [1.54, 1.807) is 42.5 Å². The van der Waals surface area contributed by atoms with Gasteiger partial charge < -0.3 is 58.9 Å². The molecule has 0 aromatic heterocycles. The minimum atomic E-state index is -1.59. The van der Waals surface area contributed by atoms with Gasteiger partial charge in [-0.3, -0.25) is 52.9 Å². The van der Waals surface area contributed by atoms with E-state index in [1.165, 1.54) is 12.1 Å². The number of carboxylic acids is 1. The third-order valence-corrected chi connectivity index (χ3v) is 17.2. The molecule has 2 aliphatic rings. The average Bonchev–Trinajstić information content (AvgIpc) is 2.03. The van der Waals surface area contributed by atoms with Gasteiger partial charge in [-0.1, -0.05) is 133 Å². The number of nitrogens with one attached hydrogen (secondary N) is 4. The van der Waals surface area contributed by atoms with Crippen molar-refractivity contribution in [1.82, 2.24) is 21.3 Å². The van der Waals surface area contributed by atoms with Crippen LogP contribution in [-0.2, 0) is 67.2 Å². The fraction of sp³-hybridized carbons (Fsp3) is 0.551. The molecule has 1 fully saturated rings. The molecule has 0 unspecified atom stereocenters. The number of aliphatic hydroxyl groups excluding tert-OH is 2. The summed E-state index contributed by atoms with van der Waals surface area (Å²) in [7, 11) is 0. The second-order valence-electron chi connectivity index (χ2n) is 25.6. The molecule has 22 nitrogen and oxygen atoms in total. The van der Waals surface area contributed by atoms with E-state index in [4.69, 9.17) is 17.2 Å². The van der Waals surface area contributed by atoms with Crippen molar-refractivity contribution in [3.8, 4) is 5.75 Å². The van der Waals surface area contributed by atoms with E-state index in [0.717, 1.165) is 48.8 Å². The molecule has 0 saturated heterocycles. The van der Waals surface area contributed by atoms with Crippen molar-refractivity contribution >= 4 is 70.2 Å². The van der Waals surface area contributed by atoms with Gasteiger partial charge in [0.25, 0.3) is 0 Å². The Morgan fingerprint density at radius 2 is 1.03 bits per heavy atom. The van der Waals surface area contributed by atoms with Crippen LogP contribution >= 0.6 is 0 Å². The number of aromatic hydroxyl groups is 1. The molecule has 2 aliphatic carbocycles. The molecule has 5 rings (SSSR count). The summed E-state index contributed by atoms with van der Waals surface area (Å²) in [6, 6.07) is 17.2. The Morgan fingerprint density at radius 3 is 1.62 bits per heavy atom. The quantitative estimate of drug-likeness (QED) is 0.0199. The Labute approximate surface area is 533 Å². The van der Waals surface area contributed by atoms with Crippen LogP contribution in [-0.4, -0.2) is 129 Å². The van der Waals surface area contributed by atoms with Gasteiger partial charge in [-0.15, -0.1) is 0 Å². The second kappa shape index (κ2) is 37.3. The number of hydrogen-bond donors (Lipinski definition) is 11. The van der Waals surface area contributed by atoms with Crippen molar-refractivity contribution in [1.29, 1.82) is 0 Å². The first-order valence-corrected chi connectivity index (χ1v) is 32.0. The van der Waals surface area contributed by atoms with Gasteiger partial charge in [0, 0.05) is 62.3 Å². The number of hydrogen-bond acceptors (Lipinski definition) is 14. The molecule has 1 saturated carbocycles. The van der Waals surface area contributed by atoms with E-state index < -0.39 is 158 Å². The van der Waals surface area contributed by atoms with Gasteiger partial charge in [0.15, 0.2) is 29.1 Å². The fourth-order valence-electron chi connectivity index (χ4n) is 12.3. The number of guanidine groups is 1. The van der Waals surface area contributed by atoms with Gasteiger partial charge in [-0.25, -0.2) is 0 Å². The number of allylic oxidation sites excluding steroid dienone is 1. The molecule has 0 bridgehead atoms. The molecular formula is C69H96N8O14. The summed E-state index contributed by atoms with van der Waals surface area (Å²) in [5.41, 5.74) is 20.6. The molecular weight excluding hydrogens is 1160 g/mol. The predicted octanol–water partition coefficient (Wildman–Crippen LogP) is 5.13. The maximum Gasteiger partial charge on any atom is 0.304 e. The largest absolute Gasteiger partial charge is 0.508 e. The first-order chi connectivity index (χ1) is 43.3. The van der Waals surface area contributed by atoms with Crippen LogP contribution in [0.2, 0.25) is 0 Å². The summed E-state index contributed by atoms with van der Waals surface area (Å²) < 4.78 is 0. The molecule has 496 valence electrons. The number of carboxylic acid groups (broad SMARTS) is 1. The molecule has 0 radical (unpaired) electrons. The highest BCUT2D eigenvalue weighted by atomic mass is 16.4. The van der Waals surface area contributed by atoms with Crippen molar-refractivity contribution in [2.75, 3.05) is 19.8 Å². The first-order valence-electron chi connectivity index (χ1n) is 32.0. The summed E-state index contributed by atoms with van der Waals surface area (Å²) >= 11 is 0. The van der Waals surface area contributed by atoms with Crippen LogP contribution in [0.1, 0.15) is 153 Å². The van der Waals surface area contributed by atoms with Crippen LogP contribution in [0, 0.1) is 47.3 Å². The van der Waals surface area contributed by atoms with E-state index in [-0.39, 0.29) is 87.4 Å². The zero-order valence-corrected chi connectivity index (χ0v) is 53.1. The van der Waals surface area contributed by atoms with Crippen molar-refractivity contribution in [3.63, 3.8) is 0 Å². The lowest BCUT2D eigenvalue weighted by Crippen LogP contribution is -2.50. The van der Waals surface area contributed by atoms with Crippen molar-refractivity contribution in [2.45, 2.75) is 174 Å². The Hall–Kier alpha value is -8.11. The second-order valence-corrected chi connectivity index (χ2v) is 25.6. The van der Waals surface area contributed by atoms with Crippen LogP contribution < -0.4 is 38.5 Å². The van der Waals surface area contributed by atoms with Gasteiger partial charge in [0.1, 0.15) is 11.8 Å². The van der Waals surface area contributed by atoms with Crippen LogP contribution in [0.15, 0.2) is 89.9 Å². The molecule has 5 amide bonds. The number of phenols is 1. The third kappa shape index (κ3) is 24.9. The highest BCUT2D eigenvalue weighted by Crippen LogP contribution is 2.33. The Morgan fingerprint density at radius 1 is 0.538 bits per heavy atom. The van der Waals surface area contributed by atoms with Gasteiger partial charge in [-0.05, 0) is 109 Å². The Kier molecular flexibility index (Phi) is 30.2. The molecule has 14 N–H and O–H groups in total. The number of aliphatic carboxylic acids is 1. The van der Waals surface area contributed by atoms with Gasteiger partial charge in [-0.2, -0.15) is 0 Å². The fourth-order valence-corrected chi connectivity index (χ4v) is 12.3. The number of nitrogens with zero attached hydrogens (tertiary/aromatic N) is 1. The van der Waals surface area contributed by atoms with E-state index in [0.29, 0.717) is 17.5 Å². The Balaban J connectivity index is 1.42. The Bertz CT molecular complexity index is 3010. The van der Waals surface area contributed by atoms with Crippen LogP contribution in [0.25, 0.3) is 5.57 Å². The molecule has 9 atom stereocenters. The monoisotopic (exact) mass is 1260 g/mol. The molecule has 3 aromatic carbocycles. The number of fused-ring (bicyclic) bond motifs is 1. The summed E-state index contributed by atoms with van der Waals surface area (Å²) in [6.45, 7) is 5.88. The van der Waals surface area contributed by atoms with Gasteiger partial charge in [0.2, 0.25) is 29.5 Å². The number of carbonyl (C=O) groups excluding carboxylic acids is 9. The van der Waals surface area contributed by atoms with Crippen LogP contribution in [0.3, 0.4) is 0 Å². The molecule has 0 aliphatic heterocycles. The smallest absolute Gasteiger partial charge is 0.304 e. The SMILES string of the molecule is CC(C)C[C@@H](CC(=O)O)C(=O)N[C@@H](CC1CCCCC1)C(=O)C[C@@H](Cc1ccccc1)C(=O)N[C@H](CO)C(=O)C[C@H](CCCN=C(N)N)C(=O)N[C@@H](Cc1ccc(O)cc1)C(=O)C[C@@H](CC(C)C)C(=O)N[C@@H](CC1=CCc2ccccc21)C(=O)C[C@@H](CO)C(N)=O. The highest BCUT2D eigenvalue weighted by Gasteiger charge is 2.38. The van der Waals surface area contributed by atoms with E-state index in [2.05, 4.69) is 26.3 Å². The van der Waals surface area contributed by atoms with E-state index >= 15 is 0 Å². The minimum absolute atomic E-state index is 0.0177. The molecule has 22 heteroatoms. The topological polar surface area (TPSA) is 390 Å². The number of Topliss-reactive ketones (excluding diaryl/α,β-unsaturated/α-hetero) is 4. The lowest BCUT2D eigenvalue weighted by Gasteiger charge is -2.29. The third-order valence-electron chi connectivity index (χ3n) is 17.2. The number of phenolic OH excluding ortho intramolecular Hbond substituents is 1. The van der Waals surface area contributed by atoms with Crippen LogP contribution in [0.5, 0.6) is 5.75 Å². The summed E-state index contributed by atoms with van der Waals surface area (Å²) in [4.78, 5) is 144. The number of rotatable bonds is 41. The lowest BCUT2D eigenvalue weighted by atomic mass is 9.82. The van der Waals surface area contributed by atoms with Gasteiger partial charge >= 0.3 is 5.97 Å². The number of aliphatic imine (C=N–C) groups is 1. The number of aliphatic hydroxyl groups is 2. The number of ketones is 4. The van der Waals surface area contributed by atoms with Crippen molar-refractivity contribution in [2.24, 2.45) is 69.5 Å². The van der Waals surface area contributed by atoms with E-state index in [9.17, 15) is 68.4 Å². The predicted molar refractivity (Wildman–Crippen MR) is 344 cm³/mol. The zero-order chi connectivity index (χ0) is 66.7. The molecule has 91 heavy (non-hydrogen) atoms. The lowest BCUT2D eigenvalue weighted by molar-refractivity contribution is -0.142. The number of amides is 5. The van der Waals surface area contributed by atoms with Crippen molar-refractivity contribution < 1.29 is 68.4 Å². The minimum Gasteiger partial charge on any atom is -0.508 e. The zero-order valence-electron chi connectivity index (χ0n) is 53.1. The molecule has 0 heterocycles.